The van der Waals surface area contributed by atoms with E-state index in [1.54, 1.807) is 0 Å². The summed E-state index contributed by atoms with van der Waals surface area (Å²) in [5.74, 6) is 0.165. The van der Waals surface area contributed by atoms with Gasteiger partial charge in [-0.2, -0.15) is 0 Å². The van der Waals surface area contributed by atoms with E-state index in [1.165, 1.54) is 13.0 Å². The van der Waals surface area contributed by atoms with Gasteiger partial charge in [0, 0.05) is 17.3 Å². The van der Waals surface area contributed by atoms with Crippen LogP contribution in [0.5, 0.6) is 0 Å². The summed E-state index contributed by atoms with van der Waals surface area (Å²) in [7, 11) is -3.73. The number of anilines is 1. The monoisotopic (exact) mass is 300 g/mol. The van der Waals surface area contributed by atoms with Crippen LogP contribution in [0.3, 0.4) is 0 Å². The summed E-state index contributed by atoms with van der Waals surface area (Å²) in [6.45, 7) is 5.67. The summed E-state index contributed by atoms with van der Waals surface area (Å²) < 4.78 is 41.0. The van der Waals surface area contributed by atoms with Crippen molar-refractivity contribution in [2.24, 2.45) is 11.8 Å². The molecule has 6 heteroatoms. The number of halogens is 1. The van der Waals surface area contributed by atoms with Gasteiger partial charge in [0.1, 0.15) is 5.82 Å². The molecule has 3 atom stereocenters. The summed E-state index contributed by atoms with van der Waals surface area (Å²) in [5, 5.41) is 0. The molecule has 2 rings (SSSR count). The fraction of sp³-hybridized carbons (Fsp3) is 0.571. The Morgan fingerprint density at radius 1 is 1.30 bits per heavy atom. The fourth-order valence-electron chi connectivity index (χ4n) is 2.63. The molecular formula is C14H21FN2O2S. The predicted octanol–water partition coefficient (Wildman–Crippen LogP) is 2.43. The molecule has 0 saturated heterocycles. The van der Waals surface area contributed by atoms with E-state index in [0.29, 0.717) is 5.92 Å². The van der Waals surface area contributed by atoms with Crippen LogP contribution in [0.25, 0.3) is 0 Å². The maximum Gasteiger partial charge on any atom is 0.241 e. The van der Waals surface area contributed by atoms with Gasteiger partial charge in [0.25, 0.3) is 0 Å². The van der Waals surface area contributed by atoms with Crippen LogP contribution < -0.4 is 10.5 Å². The Labute approximate surface area is 119 Å². The molecule has 20 heavy (non-hydrogen) atoms. The van der Waals surface area contributed by atoms with E-state index < -0.39 is 15.8 Å². The first-order chi connectivity index (χ1) is 9.22. The van der Waals surface area contributed by atoms with Gasteiger partial charge in [-0.05, 0) is 43.7 Å². The summed E-state index contributed by atoms with van der Waals surface area (Å²) in [4.78, 5) is -0.107. The number of nitrogens with two attached hydrogens (primary N) is 1. The molecule has 0 heterocycles. The Morgan fingerprint density at radius 3 is 2.45 bits per heavy atom. The van der Waals surface area contributed by atoms with Crippen molar-refractivity contribution in [3.63, 3.8) is 0 Å². The van der Waals surface area contributed by atoms with Crippen LogP contribution in [0.15, 0.2) is 17.0 Å². The van der Waals surface area contributed by atoms with Gasteiger partial charge in [-0.15, -0.1) is 0 Å². The lowest BCUT2D eigenvalue weighted by Crippen LogP contribution is -2.37. The van der Waals surface area contributed by atoms with E-state index >= 15 is 0 Å². The van der Waals surface area contributed by atoms with E-state index in [1.807, 2.05) is 6.92 Å². The van der Waals surface area contributed by atoms with Gasteiger partial charge < -0.3 is 5.73 Å². The molecule has 0 bridgehead atoms. The van der Waals surface area contributed by atoms with Gasteiger partial charge >= 0.3 is 0 Å². The van der Waals surface area contributed by atoms with Crippen molar-refractivity contribution in [2.75, 3.05) is 5.73 Å². The van der Waals surface area contributed by atoms with Crippen molar-refractivity contribution < 1.29 is 12.8 Å². The molecule has 3 N–H and O–H groups in total. The first-order valence-electron chi connectivity index (χ1n) is 6.80. The van der Waals surface area contributed by atoms with Crippen LogP contribution in [-0.2, 0) is 10.0 Å². The van der Waals surface area contributed by atoms with Gasteiger partial charge in [-0.1, -0.05) is 13.8 Å². The first kappa shape index (κ1) is 15.3. The minimum absolute atomic E-state index is 0.0967. The van der Waals surface area contributed by atoms with Gasteiger partial charge in [-0.25, -0.2) is 17.5 Å². The van der Waals surface area contributed by atoms with Gasteiger partial charge in [0.2, 0.25) is 10.0 Å². The zero-order chi connectivity index (χ0) is 15.1. The Kier molecular flexibility index (Phi) is 4.07. The SMILES string of the molecule is Cc1c(N)cc(S(=O)(=O)NC2CCC(C)C2C)cc1F. The molecule has 1 aliphatic carbocycles. The number of hydrogen-bond acceptors (Lipinski definition) is 3. The second-order valence-electron chi connectivity index (χ2n) is 5.76. The standard InChI is InChI=1S/C14H21FN2O2S/c1-8-4-5-14(9(8)2)17-20(18,19)11-6-12(15)10(3)13(16)7-11/h6-9,14,17H,4-5,16H2,1-3H3. The van der Waals surface area contributed by atoms with Crippen LogP contribution in [0.4, 0.5) is 10.1 Å². The van der Waals surface area contributed by atoms with Crippen molar-refractivity contribution in [1.82, 2.24) is 4.72 Å². The molecule has 3 unspecified atom stereocenters. The molecule has 112 valence electrons. The number of rotatable bonds is 3. The number of nitrogen functional groups attached to an aromatic ring is 1. The Morgan fingerprint density at radius 2 is 1.95 bits per heavy atom. The van der Waals surface area contributed by atoms with Crippen molar-refractivity contribution in [2.45, 2.75) is 44.6 Å². The minimum Gasteiger partial charge on any atom is -0.398 e. The molecule has 0 aliphatic heterocycles. The largest absolute Gasteiger partial charge is 0.398 e. The number of benzene rings is 1. The van der Waals surface area contributed by atoms with E-state index in [9.17, 15) is 12.8 Å². The fourth-order valence-corrected chi connectivity index (χ4v) is 4.04. The smallest absolute Gasteiger partial charge is 0.241 e. The lowest BCUT2D eigenvalue weighted by molar-refractivity contribution is 0.402. The molecule has 1 aromatic rings. The number of nitrogens with one attached hydrogen (secondary N) is 1. The molecule has 1 fully saturated rings. The lowest BCUT2D eigenvalue weighted by atomic mass is 9.98. The molecule has 1 aromatic carbocycles. The van der Waals surface area contributed by atoms with E-state index in [2.05, 4.69) is 11.6 Å². The Bertz CT molecular complexity index is 593. The van der Waals surface area contributed by atoms with Crippen molar-refractivity contribution in [1.29, 1.82) is 0 Å². The summed E-state index contributed by atoms with van der Waals surface area (Å²) in [6, 6.07) is 2.24. The highest BCUT2D eigenvalue weighted by Gasteiger charge is 2.33. The zero-order valence-electron chi connectivity index (χ0n) is 12.0. The zero-order valence-corrected chi connectivity index (χ0v) is 12.8. The highest BCUT2D eigenvalue weighted by Crippen LogP contribution is 2.32. The Hall–Kier alpha value is -1.14. The van der Waals surface area contributed by atoms with Crippen molar-refractivity contribution in [3.8, 4) is 0 Å². The maximum absolute atomic E-state index is 13.7. The van der Waals surface area contributed by atoms with E-state index in [0.717, 1.165) is 18.9 Å². The van der Waals surface area contributed by atoms with Crippen LogP contribution in [0.1, 0.15) is 32.3 Å². The van der Waals surface area contributed by atoms with Gasteiger partial charge in [-0.3, -0.25) is 0 Å². The third kappa shape index (κ3) is 2.81. The average molecular weight is 300 g/mol. The molecule has 0 spiro atoms. The quantitative estimate of drug-likeness (QED) is 0.842. The molecule has 4 nitrogen and oxygen atoms in total. The van der Waals surface area contributed by atoms with Crippen LogP contribution in [0.2, 0.25) is 0 Å². The molecule has 0 radical (unpaired) electrons. The second kappa shape index (κ2) is 5.33. The molecule has 1 saturated carbocycles. The minimum atomic E-state index is -3.73. The molecular weight excluding hydrogens is 279 g/mol. The highest BCUT2D eigenvalue weighted by molar-refractivity contribution is 7.89. The van der Waals surface area contributed by atoms with Gasteiger partial charge in [0.15, 0.2) is 0 Å². The number of hydrogen-bond donors (Lipinski definition) is 2. The summed E-state index contributed by atoms with van der Waals surface area (Å²) in [6.07, 6.45) is 1.81. The third-order valence-electron chi connectivity index (χ3n) is 4.44. The predicted molar refractivity (Wildman–Crippen MR) is 77.2 cm³/mol. The lowest BCUT2D eigenvalue weighted by Gasteiger charge is -2.20. The van der Waals surface area contributed by atoms with E-state index in [-0.39, 0.29) is 28.1 Å². The van der Waals surface area contributed by atoms with Crippen molar-refractivity contribution in [3.05, 3.63) is 23.5 Å². The van der Waals surface area contributed by atoms with E-state index in [4.69, 9.17) is 5.73 Å². The van der Waals surface area contributed by atoms with Crippen LogP contribution >= 0.6 is 0 Å². The van der Waals surface area contributed by atoms with Crippen LogP contribution in [-0.4, -0.2) is 14.5 Å². The third-order valence-corrected chi connectivity index (χ3v) is 5.91. The molecule has 0 amide bonds. The summed E-state index contributed by atoms with van der Waals surface area (Å²) in [5.41, 5.74) is 6.06. The highest BCUT2D eigenvalue weighted by atomic mass is 32.2. The van der Waals surface area contributed by atoms with Crippen LogP contribution in [0, 0.1) is 24.6 Å². The molecule has 1 aliphatic rings. The van der Waals surface area contributed by atoms with Gasteiger partial charge in [0.05, 0.1) is 4.90 Å². The Balaban J connectivity index is 2.27. The first-order valence-corrected chi connectivity index (χ1v) is 8.28. The van der Waals surface area contributed by atoms with Crippen molar-refractivity contribution >= 4 is 15.7 Å². The second-order valence-corrected chi connectivity index (χ2v) is 7.47. The average Bonchev–Trinajstić information content (AvgIpc) is 2.67. The number of sulfonamides is 1. The maximum atomic E-state index is 13.7. The topological polar surface area (TPSA) is 72.2 Å². The normalized spacial score (nSPS) is 26.9. The molecule has 0 aromatic heterocycles. The summed E-state index contributed by atoms with van der Waals surface area (Å²) >= 11 is 0.